The average Bonchev–Trinajstić information content (AvgIpc) is 2.29. The van der Waals surface area contributed by atoms with Gasteiger partial charge in [-0.15, -0.1) is 0 Å². The van der Waals surface area contributed by atoms with E-state index in [1.807, 2.05) is 11.0 Å². The standard InChI is InChI=1S/C11H16N4O/c1-8(16)15-7-3-2-4-10(15)9-5-6-13-11(12)14-9/h5-6,10H,2-4,7H2,1H3,(H2,12,13,14)/t10-/m0/s1. The van der Waals surface area contributed by atoms with Crippen molar-refractivity contribution in [2.24, 2.45) is 0 Å². The van der Waals surface area contributed by atoms with Gasteiger partial charge in [0, 0.05) is 19.7 Å². The topological polar surface area (TPSA) is 72.1 Å². The molecule has 5 nitrogen and oxygen atoms in total. The van der Waals surface area contributed by atoms with Gasteiger partial charge in [-0.3, -0.25) is 4.79 Å². The second-order valence-electron chi connectivity index (χ2n) is 4.06. The lowest BCUT2D eigenvalue weighted by Gasteiger charge is -2.34. The van der Waals surface area contributed by atoms with Gasteiger partial charge in [0.05, 0.1) is 11.7 Å². The van der Waals surface area contributed by atoms with Crippen LogP contribution in [0.4, 0.5) is 5.95 Å². The van der Waals surface area contributed by atoms with Crippen LogP contribution in [0.25, 0.3) is 0 Å². The molecule has 86 valence electrons. The van der Waals surface area contributed by atoms with Gasteiger partial charge >= 0.3 is 0 Å². The Morgan fingerprint density at radius 3 is 3.06 bits per heavy atom. The van der Waals surface area contributed by atoms with Crippen molar-refractivity contribution in [3.05, 3.63) is 18.0 Å². The van der Waals surface area contributed by atoms with Gasteiger partial charge in [-0.25, -0.2) is 9.97 Å². The maximum atomic E-state index is 11.5. The highest BCUT2D eigenvalue weighted by Crippen LogP contribution is 2.29. The van der Waals surface area contributed by atoms with Gasteiger partial charge in [-0.2, -0.15) is 0 Å². The molecule has 1 aliphatic rings. The van der Waals surface area contributed by atoms with E-state index in [4.69, 9.17) is 5.73 Å². The van der Waals surface area contributed by atoms with Gasteiger partial charge in [0.1, 0.15) is 0 Å². The molecule has 2 rings (SSSR count). The molecular formula is C11H16N4O. The first kappa shape index (κ1) is 10.9. The summed E-state index contributed by atoms with van der Waals surface area (Å²) in [6.07, 6.45) is 4.79. The third-order valence-corrected chi connectivity index (χ3v) is 2.94. The third-order valence-electron chi connectivity index (χ3n) is 2.94. The number of aromatic nitrogens is 2. The number of hydrogen-bond acceptors (Lipinski definition) is 4. The van der Waals surface area contributed by atoms with Crippen LogP contribution in [-0.4, -0.2) is 27.3 Å². The van der Waals surface area contributed by atoms with E-state index in [1.165, 1.54) is 0 Å². The van der Waals surface area contributed by atoms with Crippen molar-refractivity contribution in [1.29, 1.82) is 0 Å². The third kappa shape index (κ3) is 2.13. The summed E-state index contributed by atoms with van der Waals surface area (Å²) in [4.78, 5) is 21.5. The van der Waals surface area contributed by atoms with E-state index in [9.17, 15) is 4.79 Å². The summed E-state index contributed by atoms with van der Waals surface area (Å²) in [6.45, 7) is 2.41. The summed E-state index contributed by atoms with van der Waals surface area (Å²) < 4.78 is 0. The molecule has 0 bridgehead atoms. The zero-order chi connectivity index (χ0) is 11.5. The van der Waals surface area contributed by atoms with Crippen LogP contribution in [0.1, 0.15) is 37.9 Å². The maximum Gasteiger partial charge on any atom is 0.220 e. The largest absolute Gasteiger partial charge is 0.368 e. The summed E-state index contributed by atoms with van der Waals surface area (Å²) in [5, 5.41) is 0. The van der Waals surface area contributed by atoms with E-state index in [0.29, 0.717) is 0 Å². The molecule has 1 aromatic heterocycles. The van der Waals surface area contributed by atoms with Crippen molar-refractivity contribution in [1.82, 2.24) is 14.9 Å². The van der Waals surface area contributed by atoms with Crippen LogP contribution < -0.4 is 5.73 Å². The van der Waals surface area contributed by atoms with Crippen LogP contribution in [0.2, 0.25) is 0 Å². The zero-order valence-electron chi connectivity index (χ0n) is 9.39. The highest BCUT2D eigenvalue weighted by molar-refractivity contribution is 5.73. The number of carbonyl (C=O) groups is 1. The van der Waals surface area contributed by atoms with E-state index in [-0.39, 0.29) is 17.9 Å². The molecule has 1 fully saturated rings. The van der Waals surface area contributed by atoms with Crippen molar-refractivity contribution in [3.63, 3.8) is 0 Å². The van der Waals surface area contributed by atoms with Crippen LogP contribution >= 0.6 is 0 Å². The predicted molar refractivity (Wildman–Crippen MR) is 60.4 cm³/mol. The molecule has 1 saturated heterocycles. The molecule has 1 aliphatic heterocycles. The number of rotatable bonds is 1. The molecule has 1 atom stereocenters. The first-order chi connectivity index (χ1) is 7.68. The second kappa shape index (κ2) is 4.47. The number of anilines is 1. The Balaban J connectivity index is 2.26. The van der Waals surface area contributed by atoms with Gasteiger partial charge in [0.2, 0.25) is 11.9 Å². The van der Waals surface area contributed by atoms with E-state index >= 15 is 0 Å². The summed E-state index contributed by atoms with van der Waals surface area (Å²) in [6, 6.07) is 1.90. The first-order valence-corrected chi connectivity index (χ1v) is 5.54. The normalized spacial score (nSPS) is 20.8. The van der Waals surface area contributed by atoms with E-state index in [0.717, 1.165) is 31.5 Å². The number of nitrogens with zero attached hydrogens (tertiary/aromatic N) is 3. The van der Waals surface area contributed by atoms with Crippen LogP contribution in [0.3, 0.4) is 0 Å². The Labute approximate surface area is 94.7 Å². The van der Waals surface area contributed by atoms with Crippen LogP contribution in [0.5, 0.6) is 0 Å². The fourth-order valence-electron chi connectivity index (χ4n) is 2.19. The van der Waals surface area contributed by atoms with Gasteiger partial charge in [-0.05, 0) is 25.3 Å². The minimum Gasteiger partial charge on any atom is -0.368 e. The second-order valence-corrected chi connectivity index (χ2v) is 4.06. The number of carbonyl (C=O) groups excluding carboxylic acids is 1. The summed E-state index contributed by atoms with van der Waals surface area (Å²) in [5.74, 6) is 0.369. The molecule has 0 aromatic carbocycles. The molecule has 1 amide bonds. The Hall–Kier alpha value is -1.65. The predicted octanol–water partition coefficient (Wildman–Crippen LogP) is 1.13. The van der Waals surface area contributed by atoms with Crippen molar-refractivity contribution in [2.75, 3.05) is 12.3 Å². The van der Waals surface area contributed by atoms with Gasteiger partial charge in [0.25, 0.3) is 0 Å². The van der Waals surface area contributed by atoms with Gasteiger partial charge in [0.15, 0.2) is 0 Å². The molecule has 2 heterocycles. The number of likely N-dealkylation sites (tertiary alicyclic amines) is 1. The molecule has 0 spiro atoms. The summed E-state index contributed by atoms with van der Waals surface area (Å²) >= 11 is 0. The smallest absolute Gasteiger partial charge is 0.220 e. The number of nitrogens with two attached hydrogens (primary N) is 1. The Morgan fingerprint density at radius 2 is 2.38 bits per heavy atom. The minimum atomic E-state index is 0.0662. The van der Waals surface area contributed by atoms with Crippen LogP contribution in [0.15, 0.2) is 12.3 Å². The Kier molecular flexibility index (Phi) is 3.03. The Morgan fingerprint density at radius 1 is 1.56 bits per heavy atom. The number of piperidine rings is 1. The number of hydrogen-bond donors (Lipinski definition) is 1. The van der Waals surface area contributed by atoms with Gasteiger partial charge in [-0.1, -0.05) is 0 Å². The van der Waals surface area contributed by atoms with Crippen molar-refractivity contribution < 1.29 is 4.79 Å². The van der Waals surface area contributed by atoms with E-state index in [2.05, 4.69) is 9.97 Å². The molecule has 0 aliphatic carbocycles. The lowest BCUT2D eigenvalue weighted by molar-refractivity contribution is -0.132. The first-order valence-electron chi connectivity index (χ1n) is 5.54. The molecule has 5 heteroatoms. The zero-order valence-corrected chi connectivity index (χ0v) is 9.39. The fraction of sp³-hybridized carbons (Fsp3) is 0.545. The molecule has 2 N–H and O–H groups in total. The molecule has 0 unspecified atom stereocenters. The van der Waals surface area contributed by atoms with E-state index < -0.39 is 0 Å². The van der Waals surface area contributed by atoms with Crippen molar-refractivity contribution in [3.8, 4) is 0 Å². The highest BCUT2D eigenvalue weighted by atomic mass is 16.2. The molecule has 0 saturated carbocycles. The SMILES string of the molecule is CC(=O)N1CCCC[C@H]1c1ccnc(N)n1. The Bertz CT molecular complexity index is 393. The highest BCUT2D eigenvalue weighted by Gasteiger charge is 2.26. The lowest BCUT2D eigenvalue weighted by Crippen LogP contribution is -2.37. The monoisotopic (exact) mass is 220 g/mol. The van der Waals surface area contributed by atoms with Crippen LogP contribution in [0, 0.1) is 0 Å². The van der Waals surface area contributed by atoms with Gasteiger partial charge < -0.3 is 10.6 Å². The number of amides is 1. The van der Waals surface area contributed by atoms with E-state index in [1.54, 1.807) is 13.1 Å². The average molecular weight is 220 g/mol. The number of nitrogen functional groups attached to an aromatic ring is 1. The summed E-state index contributed by atoms with van der Waals surface area (Å²) in [5.41, 5.74) is 6.41. The fourth-order valence-corrected chi connectivity index (χ4v) is 2.19. The van der Waals surface area contributed by atoms with Crippen molar-refractivity contribution in [2.45, 2.75) is 32.2 Å². The molecular weight excluding hydrogens is 204 g/mol. The van der Waals surface area contributed by atoms with Crippen LogP contribution in [-0.2, 0) is 4.79 Å². The summed E-state index contributed by atoms with van der Waals surface area (Å²) in [7, 11) is 0. The molecule has 1 aromatic rings. The van der Waals surface area contributed by atoms with Crippen molar-refractivity contribution >= 4 is 11.9 Å². The molecule has 0 radical (unpaired) electrons. The lowest BCUT2D eigenvalue weighted by atomic mass is 9.99. The minimum absolute atomic E-state index is 0.0662. The molecule has 16 heavy (non-hydrogen) atoms. The quantitative estimate of drug-likeness (QED) is 0.770. The maximum absolute atomic E-state index is 11.5.